The summed E-state index contributed by atoms with van der Waals surface area (Å²) >= 11 is 6.59. The van der Waals surface area contributed by atoms with Crippen LogP contribution in [-0.2, 0) is 33.5 Å². The normalized spacial score (nSPS) is 19.5. The summed E-state index contributed by atoms with van der Waals surface area (Å²) < 4.78 is 47.4. The molecular formula is C37H50ClF2N3O5. The molecule has 3 aliphatic heterocycles. The zero-order chi connectivity index (χ0) is 34.8. The second-order valence-electron chi connectivity index (χ2n) is 15.3. The van der Waals surface area contributed by atoms with Gasteiger partial charge in [-0.25, -0.2) is 18.6 Å². The maximum Gasteiger partial charge on any atom is 0.416 e. The molecule has 1 amide bonds. The molecule has 1 fully saturated rings. The van der Waals surface area contributed by atoms with Crippen molar-refractivity contribution in [3.63, 3.8) is 0 Å². The van der Waals surface area contributed by atoms with Gasteiger partial charge in [-0.1, -0.05) is 31.5 Å². The number of carbonyl (C=O) groups is 2. The van der Waals surface area contributed by atoms with Gasteiger partial charge in [0.1, 0.15) is 29.2 Å². The Morgan fingerprint density at radius 2 is 1.90 bits per heavy atom. The van der Waals surface area contributed by atoms with Crippen LogP contribution in [0.15, 0.2) is 18.2 Å². The Morgan fingerprint density at radius 1 is 1.17 bits per heavy atom. The second kappa shape index (κ2) is 14.9. The van der Waals surface area contributed by atoms with Crippen molar-refractivity contribution in [1.29, 1.82) is 0 Å². The first kappa shape index (κ1) is 36.3. The summed E-state index contributed by atoms with van der Waals surface area (Å²) in [6.45, 7) is 12.5. The van der Waals surface area contributed by atoms with E-state index in [2.05, 4.69) is 4.90 Å². The number of nitrogens with zero attached hydrogens (tertiary/aromatic N) is 3. The van der Waals surface area contributed by atoms with Crippen molar-refractivity contribution in [3.05, 3.63) is 51.4 Å². The minimum Gasteiger partial charge on any atom is -0.493 e. The molecule has 1 aromatic carbocycles. The molecule has 4 heterocycles. The van der Waals surface area contributed by atoms with Crippen molar-refractivity contribution in [1.82, 2.24) is 9.88 Å². The molecule has 0 saturated carbocycles. The molecule has 0 N–H and O–H groups in total. The summed E-state index contributed by atoms with van der Waals surface area (Å²) in [6.07, 6.45) is 3.31. The number of methoxy groups -OCH3 is 1. The van der Waals surface area contributed by atoms with Crippen LogP contribution in [0, 0.1) is 17.2 Å². The molecule has 5 rings (SSSR count). The molecule has 0 spiro atoms. The molecule has 0 radical (unpaired) electrons. The van der Waals surface area contributed by atoms with E-state index in [1.807, 2.05) is 46.8 Å². The Hall–Kier alpha value is -2.98. The first-order valence-corrected chi connectivity index (χ1v) is 17.6. The van der Waals surface area contributed by atoms with E-state index in [1.54, 1.807) is 11.0 Å². The van der Waals surface area contributed by atoms with Gasteiger partial charge in [-0.05, 0) is 114 Å². The lowest BCUT2D eigenvalue weighted by Gasteiger charge is -2.36. The third kappa shape index (κ3) is 8.59. The van der Waals surface area contributed by atoms with Gasteiger partial charge in [-0.2, -0.15) is 0 Å². The van der Waals surface area contributed by atoms with E-state index in [1.165, 1.54) is 7.11 Å². The summed E-state index contributed by atoms with van der Waals surface area (Å²) in [5.41, 5.74) is 1.80. The van der Waals surface area contributed by atoms with Crippen molar-refractivity contribution >= 4 is 29.5 Å². The Bertz CT molecular complexity index is 1490. The van der Waals surface area contributed by atoms with Crippen LogP contribution in [-0.4, -0.2) is 73.6 Å². The van der Waals surface area contributed by atoms with E-state index in [9.17, 15) is 9.59 Å². The topological polar surface area (TPSA) is 81.2 Å². The van der Waals surface area contributed by atoms with E-state index in [0.29, 0.717) is 94.0 Å². The number of piperidine rings is 1. The van der Waals surface area contributed by atoms with Crippen LogP contribution >= 0.6 is 11.6 Å². The molecule has 2 aromatic rings. The van der Waals surface area contributed by atoms with Crippen LogP contribution < -0.4 is 9.64 Å². The van der Waals surface area contributed by atoms with Gasteiger partial charge < -0.3 is 19.1 Å². The summed E-state index contributed by atoms with van der Waals surface area (Å²) in [5.74, 6) is -0.722. The van der Waals surface area contributed by atoms with Crippen LogP contribution in [0.3, 0.4) is 0 Å². The first-order chi connectivity index (χ1) is 22.7. The number of alkyl halides is 1. The number of benzene rings is 1. The molecule has 48 heavy (non-hydrogen) atoms. The molecule has 11 heteroatoms. The lowest BCUT2D eigenvalue weighted by atomic mass is 9.78. The minimum atomic E-state index is -1.01. The van der Waals surface area contributed by atoms with Gasteiger partial charge in [0.25, 0.3) is 0 Å². The number of likely N-dealkylation sites (tertiary alicyclic amines) is 1. The van der Waals surface area contributed by atoms with E-state index < -0.39 is 35.6 Å². The fraction of sp³-hybridized carbons (Fsp3) is 0.649. The number of hydrogen-bond donors (Lipinski definition) is 0. The largest absolute Gasteiger partial charge is 0.493 e. The molecule has 0 bridgehead atoms. The number of aromatic nitrogens is 1. The first-order valence-electron chi connectivity index (χ1n) is 17.2. The van der Waals surface area contributed by atoms with Crippen molar-refractivity contribution in [2.75, 3.05) is 44.8 Å². The number of halogens is 3. The lowest BCUT2D eigenvalue weighted by Crippen LogP contribution is -2.40. The van der Waals surface area contributed by atoms with E-state index in [4.69, 9.17) is 30.8 Å². The number of carbonyl (C=O) groups excluding carboxylic acids is 2. The molecule has 3 aliphatic rings. The lowest BCUT2D eigenvalue weighted by molar-refractivity contribution is -0.144. The monoisotopic (exact) mass is 689 g/mol. The Morgan fingerprint density at radius 3 is 2.58 bits per heavy atom. The van der Waals surface area contributed by atoms with Crippen LogP contribution in [0.2, 0.25) is 5.02 Å². The molecule has 0 aliphatic carbocycles. The zero-order valence-corrected chi connectivity index (χ0v) is 29.9. The molecule has 8 nitrogen and oxygen atoms in total. The molecule has 1 aromatic heterocycles. The maximum absolute atomic E-state index is 15.5. The number of fused-ring (bicyclic) bond motifs is 2. The zero-order valence-electron chi connectivity index (χ0n) is 29.2. The average molecular weight is 690 g/mol. The van der Waals surface area contributed by atoms with Crippen LogP contribution in [0.4, 0.5) is 19.4 Å². The van der Waals surface area contributed by atoms with Crippen molar-refractivity contribution in [3.8, 4) is 5.75 Å². The Kier molecular flexibility index (Phi) is 11.2. The predicted molar refractivity (Wildman–Crippen MR) is 182 cm³/mol. The number of pyridine rings is 1. The predicted octanol–water partition coefficient (Wildman–Crippen LogP) is 7.85. The smallest absolute Gasteiger partial charge is 0.416 e. The average Bonchev–Trinajstić information content (AvgIpc) is 3.04. The summed E-state index contributed by atoms with van der Waals surface area (Å²) in [7, 11) is 1.34. The molecular weight excluding hydrogens is 640 g/mol. The third-order valence-electron chi connectivity index (χ3n) is 9.65. The highest BCUT2D eigenvalue weighted by atomic mass is 35.5. The van der Waals surface area contributed by atoms with Gasteiger partial charge in [0.05, 0.1) is 24.7 Å². The Labute approximate surface area is 288 Å². The maximum atomic E-state index is 15.5. The highest BCUT2D eigenvalue weighted by molar-refractivity contribution is 6.32. The van der Waals surface area contributed by atoms with Crippen LogP contribution in [0.5, 0.6) is 5.75 Å². The van der Waals surface area contributed by atoms with Crippen LogP contribution in [0.25, 0.3) is 0 Å². The van der Waals surface area contributed by atoms with Gasteiger partial charge >= 0.3 is 12.1 Å². The van der Waals surface area contributed by atoms with Gasteiger partial charge in [-0.3, -0.25) is 9.69 Å². The quantitative estimate of drug-likeness (QED) is 0.248. The van der Waals surface area contributed by atoms with Crippen LogP contribution in [0.1, 0.15) is 95.0 Å². The van der Waals surface area contributed by atoms with Gasteiger partial charge in [0.15, 0.2) is 0 Å². The molecule has 264 valence electrons. The number of ether oxygens (including phenoxy) is 3. The number of rotatable bonds is 9. The number of aryl methyl sites for hydroxylation is 2. The van der Waals surface area contributed by atoms with Crippen molar-refractivity contribution < 1.29 is 32.6 Å². The molecule has 0 unspecified atom stereocenters. The fourth-order valence-electron chi connectivity index (χ4n) is 7.08. The Balaban J connectivity index is 1.14. The fourth-order valence-corrected chi connectivity index (χ4v) is 7.36. The standard InChI is InChI=1S/C37H50ClF2N3O5/c1-36(2,3)48-35(45)43-16-7-8-24-9-11-26(41-33(24)43)12-10-25(39)15-19-42-17-13-23(14-18-42)30(34(44)46-6)27-20-29-28(32(40)31(27)38)21-37(4,5)22-47-29/h9,11,20,23,25,30H,7-8,10,12-19,21-22H2,1-6H3/t25-,30+/m0/s1. The van der Waals surface area contributed by atoms with Crippen molar-refractivity contribution in [2.45, 2.75) is 104 Å². The highest BCUT2D eigenvalue weighted by Gasteiger charge is 2.38. The number of hydrogen-bond acceptors (Lipinski definition) is 7. The summed E-state index contributed by atoms with van der Waals surface area (Å²) in [4.78, 5) is 34.5. The SMILES string of the molecule is COC(=O)[C@@H](c1cc2c(c(F)c1Cl)CC(C)(C)CO2)C1CCN(CC[C@@H](F)CCc2ccc3c(n2)N(C(=O)OC(C)(C)C)CCC3)CC1. The summed E-state index contributed by atoms with van der Waals surface area (Å²) in [5, 5.41) is -0.0425. The van der Waals surface area contributed by atoms with Gasteiger partial charge in [0, 0.05) is 29.8 Å². The number of amides is 1. The minimum absolute atomic E-state index is 0.0425. The van der Waals surface area contributed by atoms with E-state index in [-0.39, 0.29) is 16.4 Å². The summed E-state index contributed by atoms with van der Waals surface area (Å²) in [6, 6.07) is 5.65. The van der Waals surface area contributed by atoms with Gasteiger partial charge in [0.2, 0.25) is 0 Å². The number of anilines is 1. The van der Waals surface area contributed by atoms with E-state index >= 15 is 8.78 Å². The molecule has 2 atom stereocenters. The second-order valence-corrected chi connectivity index (χ2v) is 15.7. The van der Waals surface area contributed by atoms with Crippen molar-refractivity contribution in [2.24, 2.45) is 11.3 Å². The van der Waals surface area contributed by atoms with E-state index in [0.717, 1.165) is 24.1 Å². The van der Waals surface area contributed by atoms with Gasteiger partial charge in [-0.15, -0.1) is 0 Å². The highest BCUT2D eigenvalue weighted by Crippen LogP contribution is 2.45. The molecule has 1 saturated heterocycles. The number of esters is 1. The third-order valence-corrected chi connectivity index (χ3v) is 10.0.